The van der Waals surface area contributed by atoms with Gasteiger partial charge in [0.05, 0.1) is 6.04 Å². The molecular formula is C24H27F2N3O3. The van der Waals surface area contributed by atoms with E-state index in [1.807, 2.05) is 4.90 Å². The van der Waals surface area contributed by atoms with Crippen molar-refractivity contribution < 1.29 is 23.5 Å². The summed E-state index contributed by atoms with van der Waals surface area (Å²) in [6, 6.07) is 3.28. The molecule has 0 aromatic heterocycles. The van der Waals surface area contributed by atoms with Crippen molar-refractivity contribution in [1.29, 1.82) is 0 Å². The van der Waals surface area contributed by atoms with Crippen LogP contribution >= 0.6 is 0 Å². The van der Waals surface area contributed by atoms with Gasteiger partial charge in [-0.25, -0.2) is 8.78 Å². The molecule has 0 spiro atoms. The van der Waals surface area contributed by atoms with E-state index in [0.717, 1.165) is 37.9 Å². The first-order chi connectivity index (χ1) is 15.4. The number of benzene rings is 1. The first-order valence-electron chi connectivity index (χ1n) is 11.3. The van der Waals surface area contributed by atoms with Crippen LogP contribution in [0.4, 0.5) is 8.78 Å². The molecule has 6 nitrogen and oxygen atoms in total. The molecule has 6 rings (SSSR count). The number of nitrogens with zero attached hydrogens (tertiary/aromatic N) is 2. The van der Waals surface area contributed by atoms with Gasteiger partial charge in [0, 0.05) is 49.5 Å². The Hall–Kier alpha value is -2.90. The van der Waals surface area contributed by atoms with Crippen LogP contribution in [0.2, 0.25) is 0 Å². The molecule has 4 aliphatic heterocycles. The van der Waals surface area contributed by atoms with E-state index in [1.165, 1.54) is 18.9 Å². The number of rotatable bonds is 3. The summed E-state index contributed by atoms with van der Waals surface area (Å²) in [5.74, 6) is -0.999. The summed E-state index contributed by atoms with van der Waals surface area (Å²) in [5, 5.41) is 13.3. The highest BCUT2D eigenvalue weighted by atomic mass is 19.1. The molecule has 4 heterocycles. The van der Waals surface area contributed by atoms with Gasteiger partial charge in [-0.2, -0.15) is 0 Å². The van der Waals surface area contributed by atoms with E-state index in [9.17, 15) is 23.5 Å². The minimum atomic E-state index is -0.728. The molecule has 2 amide bonds. The SMILES string of the molecule is O=C(NCc1ccc(F)cc1F)C1=CN2C[C@@H]3C4CCC(CC4)CCN3C(=O)C2=C(O)C1. The number of halogens is 2. The van der Waals surface area contributed by atoms with Gasteiger partial charge < -0.3 is 20.2 Å². The fourth-order valence-electron chi connectivity index (χ4n) is 5.65. The zero-order chi connectivity index (χ0) is 22.4. The third kappa shape index (κ3) is 3.76. The number of hydrogen-bond donors (Lipinski definition) is 2. The van der Waals surface area contributed by atoms with E-state index in [1.54, 1.807) is 11.1 Å². The number of carbonyl (C=O) groups excluding carboxylic acids is 2. The van der Waals surface area contributed by atoms with E-state index in [4.69, 9.17) is 0 Å². The first kappa shape index (κ1) is 21.0. The molecule has 0 radical (unpaired) electrons. The fraction of sp³-hybridized carbons (Fsp3) is 0.500. The number of nitrogens with one attached hydrogen (secondary N) is 1. The Morgan fingerprint density at radius 2 is 1.94 bits per heavy atom. The normalized spacial score (nSPS) is 27.4. The van der Waals surface area contributed by atoms with Gasteiger partial charge in [0.2, 0.25) is 5.91 Å². The number of aliphatic hydroxyl groups is 1. The van der Waals surface area contributed by atoms with Crippen molar-refractivity contribution in [3.8, 4) is 0 Å². The average molecular weight is 443 g/mol. The molecule has 1 aromatic rings. The van der Waals surface area contributed by atoms with Gasteiger partial charge >= 0.3 is 0 Å². The van der Waals surface area contributed by atoms with E-state index < -0.39 is 17.5 Å². The van der Waals surface area contributed by atoms with Gasteiger partial charge in [0.1, 0.15) is 23.1 Å². The van der Waals surface area contributed by atoms with Crippen molar-refractivity contribution in [2.45, 2.75) is 51.1 Å². The number of aliphatic hydroxyl groups excluding tert-OH is 1. The summed E-state index contributed by atoms with van der Waals surface area (Å²) in [7, 11) is 0. The minimum Gasteiger partial charge on any atom is -0.510 e. The number of fused-ring (bicyclic) bond motifs is 4. The van der Waals surface area contributed by atoms with Gasteiger partial charge in [-0.3, -0.25) is 9.59 Å². The Labute approximate surface area is 185 Å². The molecule has 0 unspecified atom stereocenters. The van der Waals surface area contributed by atoms with Crippen LogP contribution in [0, 0.1) is 23.5 Å². The Kier molecular flexibility index (Phi) is 5.39. The smallest absolute Gasteiger partial charge is 0.274 e. The van der Waals surface area contributed by atoms with Crippen LogP contribution in [-0.2, 0) is 16.1 Å². The van der Waals surface area contributed by atoms with Gasteiger partial charge in [0.15, 0.2) is 0 Å². The van der Waals surface area contributed by atoms with Crippen molar-refractivity contribution >= 4 is 11.8 Å². The van der Waals surface area contributed by atoms with Crippen molar-refractivity contribution in [3.05, 3.63) is 58.6 Å². The molecule has 3 saturated heterocycles. The maximum Gasteiger partial charge on any atom is 0.274 e. The highest BCUT2D eigenvalue weighted by Gasteiger charge is 2.45. The quantitative estimate of drug-likeness (QED) is 0.752. The number of allylic oxidation sites excluding steroid dienone is 1. The standard InChI is InChI=1S/C24H27F2N3O3/c25-18-6-5-16(19(26)10-18)11-27-23(31)17-9-21(30)22-24(32)29-8-7-14-1-3-15(4-2-14)20(29)13-28(22)12-17/h5-6,10,12,14-15,20,30H,1-4,7-9,11,13H2,(H,27,31)/t14?,15?,20-/m1/s1. The third-order valence-corrected chi connectivity index (χ3v) is 7.44. The Morgan fingerprint density at radius 3 is 2.69 bits per heavy atom. The van der Waals surface area contributed by atoms with Crippen LogP contribution in [0.5, 0.6) is 0 Å². The lowest BCUT2D eigenvalue weighted by atomic mass is 9.74. The summed E-state index contributed by atoms with van der Waals surface area (Å²) in [6.07, 6.45) is 7.23. The monoisotopic (exact) mass is 443 g/mol. The van der Waals surface area contributed by atoms with Crippen LogP contribution < -0.4 is 5.32 Å². The van der Waals surface area contributed by atoms with Crippen molar-refractivity contribution in [3.63, 3.8) is 0 Å². The second-order valence-corrected chi connectivity index (χ2v) is 9.33. The van der Waals surface area contributed by atoms with Crippen LogP contribution in [0.1, 0.15) is 44.1 Å². The Morgan fingerprint density at radius 1 is 1.16 bits per heavy atom. The van der Waals surface area contributed by atoms with Gasteiger partial charge in [-0.15, -0.1) is 0 Å². The molecule has 32 heavy (non-hydrogen) atoms. The lowest BCUT2D eigenvalue weighted by molar-refractivity contribution is -0.138. The van der Waals surface area contributed by atoms with Gasteiger partial charge in [0.25, 0.3) is 5.91 Å². The molecule has 1 aromatic carbocycles. The van der Waals surface area contributed by atoms with E-state index in [2.05, 4.69) is 5.32 Å². The Balaban J connectivity index is 1.33. The number of hydrogen-bond acceptors (Lipinski definition) is 4. The summed E-state index contributed by atoms with van der Waals surface area (Å²) >= 11 is 0. The number of amides is 2. The van der Waals surface area contributed by atoms with E-state index in [-0.39, 0.29) is 41.9 Å². The third-order valence-electron chi connectivity index (χ3n) is 7.44. The molecule has 4 fully saturated rings. The molecular weight excluding hydrogens is 416 g/mol. The van der Waals surface area contributed by atoms with Gasteiger partial charge in [-0.1, -0.05) is 18.9 Å². The van der Waals surface area contributed by atoms with Crippen molar-refractivity contribution in [2.24, 2.45) is 11.8 Å². The highest BCUT2D eigenvalue weighted by Crippen LogP contribution is 2.41. The fourth-order valence-corrected chi connectivity index (χ4v) is 5.65. The summed E-state index contributed by atoms with van der Waals surface area (Å²) in [4.78, 5) is 29.7. The van der Waals surface area contributed by atoms with Crippen LogP contribution in [0.3, 0.4) is 0 Å². The summed E-state index contributed by atoms with van der Waals surface area (Å²) in [6.45, 7) is 1.18. The average Bonchev–Trinajstić information content (AvgIpc) is 2.75. The molecule has 5 aliphatic rings. The second-order valence-electron chi connectivity index (χ2n) is 9.33. The zero-order valence-corrected chi connectivity index (χ0v) is 17.8. The van der Waals surface area contributed by atoms with Gasteiger partial charge in [-0.05, 0) is 37.2 Å². The topological polar surface area (TPSA) is 72.9 Å². The molecule has 8 heteroatoms. The summed E-state index contributed by atoms with van der Waals surface area (Å²) in [5.41, 5.74) is 0.744. The molecule has 1 aliphatic carbocycles. The predicted molar refractivity (Wildman–Crippen MR) is 113 cm³/mol. The maximum atomic E-state index is 13.9. The molecule has 2 N–H and O–H groups in total. The molecule has 170 valence electrons. The van der Waals surface area contributed by atoms with Crippen LogP contribution in [0.15, 0.2) is 41.4 Å². The lowest BCUT2D eigenvalue weighted by Crippen LogP contribution is -2.59. The van der Waals surface area contributed by atoms with Crippen LogP contribution in [-0.4, -0.2) is 45.9 Å². The largest absolute Gasteiger partial charge is 0.510 e. The predicted octanol–water partition coefficient (Wildman–Crippen LogP) is 3.36. The first-order valence-corrected chi connectivity index (χ1v) is 11.3. The highest BCUT2D eigenvalue weighted by molar-refractivity contribution is 5.98. The Bertz CT molecular complexity index is 1010. The minimum absolute atomic E-state index is 0.0557. The molecule has 1 saturated carbocycles. The molecule has 1 atom stereocenters. The van der Waals surface area contributed by atoms with Crippen molar-refractivity contribution in [2.75, 3.05) is 13.1 Å². The van der Waals surface area contributed by atoms with Crippen LogP contribution in [0.25, 0.3) is 0 Å². The molecule has 2 bridgehead atoms. The van der Waals surface area contributed by atoms with E-state index >= 15 is 0 Å². The van der Waals surface area contributed by atoms with Crippen molar-refractivity contribution in [1.82, 2.24) is 15.1 Å². The maximum absolute atomic E-state index is 13.9. The number of piperazine rings is 1. The second kappa shape index (κ2) is 8.22. The lowest BCUT2D eigenvalue weighted by Gasteiger charge is -2.50. The van der Waals surface area contributed by atoms with E-state index in [0.29, 0.717) is 24.0 Å². The zero-order valence-electron chi connectivity index (χ0n) is 17.8. The number of carbonyl (C=O) groups is 2. The summed E-state index contributed by atoms with van der Waals surface area (Å²) < 4.78 is 26.9.